The number of hydrogen-bond donors (Lipinski definition) is 10. The summed E-state index contributed by atoms with van der Waals surface area (Å²) in [6.45, 7) is 1.00. The van der Waals surface area contributed by atoms with Gasteiger partial charge < -0.3 is 75.0 Å². The van der Waals surface area contributed by atoms with E-state index in [1.165, 1.54) is 6.92 Å². The van der Waals surface area contributed by atoms with E-state index in [0.717, 1.165) is 6.92 Å². The number of nitrogens with one attached hydrogen (secondary N) is 1. The molecular weight excluding hydrogens is 494 g/mol. The summed E-state index contributed by atoms with van der Waals surface area (Å²) in [5, 5.41) is 93.2. The first kappa shape index (κ1) is 29.5. The van der Waals surface area contributed by atoms with Gasteiger partial charge in [0.2, 0.25) is 5.91 Å². The first-order chi connectivity index (χ1) is 16.9. The molecule has 0 bridgehead atoms. The molecule has 0 aliphatic carbocycles. The molecule has 0 unspecified atom stereocenters. The SMILES string of the molecule is CC(=O)N[C@@H]1[C@@H](O[C@@H]2O[C@H](CO)[C@@H](O)[C@H](O)[C@H]2O)[C@H](O[C@@H]2O[C@@H](C)[C@@H](O)[C@@H](O)[C@@H]2O)[C@@H](CO)O[C@H]1O. The molecule has 3 aliphatic heterocycles. The van der Waals surface area contributed by atoms with Gasteiger partial charge >= 0.3 is 0 Å². The quantitative estimate of drug-likeness (QED) is 0.147. The number of rotatable bonds is 7. The Hall–Kier alpha value is -1.09. The molecule has 3 rings (SSSR count). The highest BCUT2D eigenvalue weighted by Gasteiger charge is 2.54. The summed E-state index contributed by atoms with van der Waals surface area (Å²) in [4.78, 5) is 11.8. The van der Waals surface area contributed by atoms with Gasteiger partial charge in [-0.3, -0.25) is 4.79 Å². The molecule has 0 spiro atoms. The third-order valence-electron chi connectivity index (χ3n) is 6.45. The summed E-state index contributed by atoms with van der Waals surface area (Å²) >= 11 is 0. The number of aliphatic hydroxyl groups is 9. The Bertz CT molecular complexity index is 729. The minimum atomic E-state index is -1.86. The van der Waals surface area contributed by atoms with Crippen LogP contribution in [-0.2, 0) is 28.5 Å². The first-order valence-electron chi connectivity index (χ1n) is 11.4. The molecule has 0 radical (unpaired) electrons. The predicted octanol–water partition coefficient (Wildman–Crippen LogP) is -6.40. The molecule has 1 amide bonds. The van der Waals surface area contributed by atoms with Crippen molar-refractivity contribution in [2.24, 2.45) is 0 Å². The zero-order valence-electron chi connectivity index (χ0n) is 19.5. The summed E-state index contributed by atoms with van der Waals surface area (Å²) in [6.07, 6.45) is -22.0. The summed E-state index contributed by atoms with van der Waals surface area (Å²) in [7, 11) is 0. The zero-order chi connectivity index (χ0) is 26.9. The zero-order valence-corrected chi connectivity index (χ0v) is 19.5. The second kappa shape index (κ2) is 12.2. The van der Waals surface area contributed by atoms with Crippen LogP contribution < -0.4 is 5.32 Å². The Kier molecular flexibility index (Phi) is 9.97. The van der Waals surface area contributed by atoms with Gasteiger partial charge in [0.15, 0.2) is 18.9 Å². The Morgan fingerprint density at radius 2 is 1.25 bits per heavy atom. The Balaban J connectivity index is 1.92. The van der Waals surface area contributed by atoms with Crippen LogP contribution in [0.5, 0.6) is 0 Å². The molecule has 10 N–H and O–H groups in total. The molecule has 3 saturated heterocycles. The van der Waals surface area contributed by atoms with Crippen LogP contribution in [0.2, 0.25) is 0 Å². The average Bonchev–Trinajstić information content (AvgIpc) is 2.84. The van der Waals surface area contributed by atoms with Crippen molar-refractivity contribution in [2.75, 3.05) is 13.2 Å². The Morgan fingerprint density at radius 3 is 1.81 bits per heavy atom. The highest BCUT2D eigenvalue weighted by molar-refractivity contribution is 5.73. The predicted molar refractivity (Wildman–Crippen MR) is 111 cm³/mol. The van der Waals surface area contributed by atoms with E-state index >= 15 is 0 Å². The van der Waals surface area contributed by atoms with Crippen LogP contribution in [0, 0.1) is 0 Å². The van der Waals surface area contributed by atoms with Crippen molar-refractivity contribution in [2.45, 2.75) is 106 Å². The van der Waals surface area contributed by atoms with Gasteiger partial charge in [0.05, 0.1) is 19.3 Å². The minimum absolute atomic E-state index is 0.646. The molecule has 15 atom stereocenters. The highest BCUT2D eigenvalue weighted by atomic mass is 16.7. The Labute approximate surface area is 205 Å². The summed E-state index contributed by atoms with van der Waals surface area (Å²) in [5.41, 5.74) is 0. The van der Waals surface area contributed by atoms with E-state index in [-0.39, 0.29) is 0 Å². The van der Waals surface area contributed by atoms with E-state index in [4.69, 9.17) is 23.7 Å². The van der Waals surface area contributed by atoms with Crippen molar-refractivity contribution < 1.29 is 74.4 Å². The average molecular weight is 529 g/mol. The maximum Gasteiger partial charge on any atom is 0.217 e. The van der Waals surface area contributed by atoms with Gasteiger partial charge in [0.1, 0.15) is 67.1 Å². The largest absolute Gasteiger partial charge is 0.394 e. The lowest BCUT2D eigenvalue weighted by atomic mass is 9.94. The van der Waals surface area contributed by atoms with E-state index in [2.05, 4.69) is 5.32 Å². The molecule has 0 aromatic rings. The number of amides is 1. The second-order valence-electron chi connectivity index (χ2n) is 9.05. The van der Waals surface area contributed by atoms with Crippen LogP contribution in [0.4, 0.5) is 0 Å². The van der Waals surface area contributed by atoms with Crippen molar-refractivity contribution in [3.8, 4) is 0 Å². The summed E-state index contributed by atoms with van der Waals surface area (Å²) in [6, 6.07) is -1.42. The fraction of sp³-hybridized carbons (Fsp3) is 0.950. The molecular formula is C20H35NO15. The normalized spacial score (nSPS) is 50.0. The summed E-state index contributed by atoms with van der Waals surface area (Å²) in [5.74, 6) is -0.646. The molecule has 0 aromatic heterocycles. The van der Waals surface area contributed by atoms with Crippen molar-refractivity contribution in [1.29, 1.82) is 0 Å². The van der Waals surface area contributed by atoms with Crippen LogP contribution in [0.15, 0.2) is 0 Å². The van der Waals surface area contributed by atoms with Gasteiger partial charge in [-0.2, -0.15) is 0 Å². The van der Waals surface area contributed by atoms with Crippen LogP contribution in [0.25, 0.3) is 0 Å². The molecule has 16 nitrogen and oxygen atoms in total. The monoisotopic (exact) mass is 529 g/mol. The molecule has 36 heavy (non-hydrogen) atoms. The lowest BCUT2D eigenvalue weighted by Gasteiger charge is -2.49. The minimum Gasteiger partial charge on any atom is -0.394 e. The van der Waals surface area contributed by atoms with Crippen molar-refractivity contribution >= 4 is 5.91 Å². The number of ether oxygens (including phenoxy) is 5. The van der Waals surface area contributed by atoms with E-state index in [1.807, 2.05) is 0 Å². The lowest BCUT2D eigenvalue weighted by Crippen LogP contribution is -2.69. The maximum atomic E-state index is 11.8. The van der Waals surface area contributed by atoms with E-state index < -0.39 is 111 Å². The van der Waals surface area contributed by atoms with Crippen molar-refractivity contribution in [1.82, 2.24) is 5.32 Å². The third-order valence-corrected chi connectivity index (χ3v) is 6.45. The van der Waals surface area contributed by atoms with E-state index in [1.54, 1.807) is 0 Å². The maximum absolute atomic E-state index is 11.8. The first-order valence-corrected chi connectivity index (χ1v) is 11.4. The van der Waals surface area contributed by atoms with Crippen LogP contribution in [0.3, 0.4) is 0 Å². The molecule has 3 fully saturated rings. The van der Waals surface area contributed by atoms with Crippen LogP contribution in [0.1, 0.15) is 13.8 Å². The van der Waals surface area contributed by atoms with Gasteiger partial charge in [-0.15, -0.1) is 0 Å². The van der Waals surface area contributed by atoms with E-state index in [0.29, 0.717) is 0 Å². The summed E-state index contributed by atoms with van der Waals surface area (Å²) < 4.78 is 27.7. The van der Waals surface area contributed by atoms with Gasteiger partial charge in [-0.1, -0.05) is 0 Å². The highest BCUT2D eigenvalue weighted by Crippen LogP contribution is 2.32. The fourth-order valence-electron chi connectivity index (χ4n) is 4.40. The fourth-order valence-corrected chi connectivity index (χ4v) is 4.40. The molecule has 16 heteroatoms. The van der Waals surface area contributed by atoms with Crippen molar-refractivity contribution in [3.63, 3.8) is 0 Å². The number of aliphatic hydroxyl groups excluding tert-OH is 9. The molecule has 3 heterocycles. The van der Waals surface area contributed by atoms with Crippen LogP contribution in [-0.4, -0.2) is 157 Å². The number of carbonyl (C=O) groups is 1. The third kappa shape index (κ3) is 5.97. The van der Waals surface area contributed by atoms with E-state index in [9.17, 15) is 50.8 Å². The van der Waals surface area contributed by atoms with Gasteiger partial charge in [0, 0.05) is 6.92 Å². The number of carbonyl (C=O) groups excluding carboxylic acids is 1. The smallest absolute Gasteiger partial charge is 0.217 e. The second-order valence-corrected chi connectivity index (χ2v) is 9.05. The van der Waals surface area contributed by atoms with Gasteiger partial charge in [-0.25, -0.2) is 0 Å². The van der Waals surface area contributed by atoms with Crippen LogP contribution >= 0.6 is 0 Å². The molecule has 3 aliphatic rings. The topological polar surface area (TPSA) is 257 Å². The number of hydrogen-bond acceptors (Lipinski definition) is 15. The van der Waals surface area contributed by atoms with Gasteiger partial charge in [-0.05, 0) is 6.92 Å². The van der Waals surface area contributed by atoms with Gasteiger partial charge in [0.25, 0.3) is 0 Å². The van der Waals surface area contributed by atoms with Crippen molar-refractivity contribution in [3.05, 3.63) is 0 Å². The molecule has 0 aromatic carbocycles. The molecule has 210 valence electrons. The standard InChI is InChI=1S/C20H35NO15/c1-5-10(25)12(27)14(29)19(32-5)35-16-8(4-23)33-18(31)9(21-6(2)24)17(16)36-20-15(30)13(28)11(26)7(3-22)34-20/h5,7-20,22-23,25-31H,3-4H2,1-2H3,(H,21,24)/t5-,7+,8+,9+,10+,11+,12+,13-,14-,15+,16+,17+,18+,19-,20-/m0/s1. The lowest BCUT2D eigenvalue weighted by molar-refractivity contribution is -0.370. The molecule has 0 saturated carbocycles. The Morgan fingerprint density at radius 1 is 0.722 bits per heavy atom.